The Morgan fingerprint density at radius 3 is 2.55 bits per heavy atom. The van der Waals surface area contributed by atoms with E-state index < -0.39 is 0 Å². The first kappa shape index (κ1) is 22.8. The number of nitrogens with zero attached hydrogens (tertiary/aromatic N) is 2. The van der Waals surface area contributed by atoms with Crippen molar-refractivity contribution >= 4 is 12.2 Å². The third-order valence-electron chi connectivity index (χ3n) is 5.79. The van der Waals surface area contributed by atoms with Crippen molar-refractivity contribution in [3.63, 3.8) is 0 Å². The van der Waals surface area contributed by atoms with Crippen LogP contribution in [-0.4, -0.2) is 27.0 Å². The van der Waals surface area contributed by atoms with Gasteiger partial charge >= 0.3 is 0 Å². The summed E-state index contributed by atoms with van der Waals surface area (Å²) < 4.78 is 7.94. The number of allylic oxidation sites excluding steroid dienone is 2. The van der Waals surface area contributed by atoms with E-state index in [2.05, 4.69) is 43.1 Å². The normalized spacial score (nSPS) is 10.9. The highest BCUT2D eigenvalue weighted by atomic mass is 32.1. The lowest BCUT2D eigenvalue weighted by molar-refractivity contribution is 0.410. The zero-order valence-corrected chi connectivity index (χ0v) is 19.8. The third kappa shape index (κ3) is 4.74. The quantitative estimate of drug-likeness (QED) is 0.313. The van der Waals surface area contributed by atoms with Gasteiger partial charge in [0.1, 0.15) is 11.5 Å². The summed E-state index contributed by atoms with van der Waals surface area (Å²) in [6, 6.07) is 9.79. The summed E-state index contributed by atoms with van der Waals surface area (Å²) in [7, 11) is 1.69. The van der Waals surface area contributed by atoms with Crippen LogP contribution in [-0.2, 0) is 12.8 Å². The molecule has 0 aliphatic rings. The number of rotatable bonds is 8. The Hall–Kier alpha value is -2.86. The largest absolute Gasteiger partial charge is 0.507 e. The van der Waals surface area contributed by atoms with E-state index in [1.54, 1.807) is 13.2 Å². The van der Waals surface area contributed by atoms with E-state index in [1.165, 1.54) is 11.1 Å². The minimum atomic E-state index is 0.192. The first-order chi connectivity index (χ1) is 14.9. The maximum absolute atomic E-state index is 10.7. The molecule has 0 aliphatic heterocycles. The zero-order valence-electron chi connectivity index (χ0n) is 19.0. The number of methoxy groups -OCH3 is 1. The highest BCUT2D eigenvalue weighted by Gasteiger charge is 2.17. The lowest BCUT2D eigenvalue weighted by Gasteiger charge is -2.14. The number of aromatic hydroxyl groups is 1. The van der Waals surface area contributed by atoms with Crippen LogP contribution < -0.4 is 4.74 Å². The Kier molecular flexibility index (Phi) is 7.33. The molecule has 0 radical (unpaired) electrons. The second-order valence-corrected chi connectivity index (χ2v) is 7.99. The van der Waals surface area contributed by atoms with Crippen molar-refractivity contribution in [2.75, 3.05) is 7.11 Å². The Bertz CT molecular complexity index is 1150. The molecule has 5 nitrogen and oxygen atoms in total. The first-order valence-electron chi connectivity index (χ1n) is 10.8. The monoisotopic (exact) mass is 437 g/mol. The van der Waals surface area contributed by atoms with Crippen molar-refractivity contribution in [1.29, 1.82) is 0 Å². The van der Waals surface area contributed by atoms with Gasteiger partial charge in [0, 0.05) is 0 Å². The Labute approximate surface area is 189 Å². The number of phenols is 1. The molecule has 164 valence electrons. The fraction of sp³-hybridized carbons (Fsp3) is 0.360. The summed E-state index contributed by atoms with van der Waals surface area (Å²) in [6.45, 7) is 8.46. The fourth-order valence-corrected chi connectivity index (χ4v) is 4.11. The Morgan fingerprint density at radius 2 is 1.90 bits per heavy atom. The maximum Gasteiger partial charge on any atom is 0.200 e. The average Bonchev–Trinajstić information content (AvgIpc) is 3.15. The maximum atomic E-state index is 10.7. The molecular formula is C25H31N3O2S. The van der Waals surface area contributed by atoms with E-state index in [-0.39, 0.29) is 5.75 Å². The molecule has 2 aromatic carbocycles. The van der Waals surface area contributed by atoms with E-state index in [1.807, 2.05) is 29.7 Å². The van der Waals surface area contributed by atoms with Gasteiger partial charge in [-0.1, -0.05) is 32.4 Å². The van der Waals surface area contributed by atoms with Crippen LogP contribution >= 0.6 is 12.2 Å². The van der Waals surface area contributed by atoms with Gasteiger partial charge in [0.2, 0.25) is 0 Å². The molecule has 0 aliphatic carbocycles. The minimum Gasteiger partial charge on any atom is -0.507 e. The van der Waals surface area contributed by atoms with Gasteiger partial charge in [-0.15, -0.1) is 0 Å². The van der Waals surface area contributed by atoms with Gasteiger partial charge in [0.05, 0.1) is 18.4 Å². The standard InChI is InChI=1S/C25H31N3O2S/c1-6-17(7-2)9-10-19-14-20(11-12-23(19)30-5)28-24(26-27-25(28)31)21-15-18(8-3)16(4)13-22(21)29/h9,11-15,29H,6-8,10H2,1-5H3,(H,27,31). The van der Waals surface area contributed by atoms with E-state index in [0.29, 0.717) is 16.2 Å². The molecule has 3 aromatic rings. The predicted molar refractivity (Wildman–Crippen MR) is 129 cm³/mol. The Morgan fingerprint density at radius 1 is 1.16 bits per heavy atom. The van der Waals surface area contributed by atoms with Crippen molar-refractivity contribution < 1.29 is 9.84 Å². The summed E-state index contributed by atoms with van der Waals surface area (Å²) >= 11 is 5.55. The van der Waals surface area contributed by atoms with Gasteiger partial charge in [0.25, 0.3) is 0 Å². The minimum absolute atomic E-state index is 0.192. The lowest BCUT2D eigenvalue weighted by Crippen LogP contribution is -2.01. The molecule has 0 amide bonds. The smallest absolute Gasteiger partial charge is 0.200 e. The number of aromatic amines is 1. The number of nitrogens with one attached hydrogen (secondary N) is 1. The van der Waals surface area contributed by atoms with Crippen LogP contribution in [0.3, 0.4) is 0 Å². The van der Waals surface area contributed by atoms with Gasteiger partial charge < -0.3 is 9.84 Å². The summed E-state index contributed by atoms with van der Waals surface area (Å²) in [4.78, 5) is 0. The molecular weight excluding hydrogens is 406 g/mol. The summed E-state index contributed by atoms with van der Waals surface area (Å²) in [5, 5.41) is 18.0. The molecule has 1 aromatic heterocycles. The van der Waals surface area contributed by atoms with Crippen LogP contribution in [0.1, 0.15) is 50.3 Å². The van der Waals surface area contributed by atoms with Gasteiger partial charge in [-0.25, -0.2) is 0 Å². The second kappa shape index (κ2) is 9.96. The average molecular weight is 438 g/mol. The van der Waals surface area contributed by atoms with E-state index in [4.69, 9.17) is 17.0 Å². The molecule has 0 fully saturated rings. The number of hydrogen-bond donors (Lipinski definition) is 2. The number of benzene rings is 2. The third-order valence-corrected chi connectivity index (χ3v) is 6.06. The van der Waals surface area contributed by atoms with Crippen molar-refractivity contribution in [2.45, 2.75) is 53.4 Å². The number of aromatic nitrogens is 3. The molecule has 31 heavy (non-hydrogen) atoms. The molecule has 2 N–H and O–H groups in total. The molecule has 0 spiro atoms. The number of phenolic OH excluding ortho intramolecular Hbond substituents is 1. The van der Waals surface area contributed by atoms with Crippen LogP contribution in [0.5, 0.6) is 11.5 Å². The second-order valence-electron chi connectivity index (χ2n) is 7.61. The van der Waals surface area contributed by atoms with E-state index in [9.17, 15) is 5.11 Å². The summed E-state index contributed by atoms with van der Waals surface area (Å²) in [6.07, 6.45) is 6.02. The fourth-order valence-electron chi connectivity index (χ4n) is 3.87. The van der Waals surface area contributed by atoms with E-state index >= 15 is 0 Å². The molecule has 0 unspecified atom stereocenters. The number of ether oxygens (including phenoxy) is 1. The molecule has 0 atom stereocenters. The Balaban J connectivity index is 2.13. The van der Waals surface area contributed by atoms with Crippen LogP contribution in [0.4, 0.5) is 0 Å². The zero-order chi connectivity index (χ0) is 22.5. The molecule has 0 saturated heterocycles. The van der Waals surface area contributed by atoms with Gasteiger partial charge in [-0.05, 0) is 91.8 Å². The summed E-state index contributed by atoms with van der Waals surface area (Å²) in [5.41, 5.74) is 6.27. The molecule has 6 heteroatoms. The van der Waals surface area contributed by atoms with E-state index in [0.717, 1.165) is 48.2 Å². The topological polar surface area (TPSA) is 63.1 Å². The highest BCUT2D eigenvalue weighted by molar-refractivity contribution is 7.71. The van der Waals surface area contributed by atoms with Crippen LogP contribution in [0.25, 0.3) is 17.1 Å². The predicted octanol–water partition coefficient (Wildman–Crippen LogP) is 6.47. The molecule has 3 rings (SSSR count). The van der Waals surface area contributed by atoms with Crippen LogP contribution in [0, 0.1) is 11.7 Å². The number of H-pyrrole nitrogens is 1. The van der Waals surface area contributed by atoms with Gasteiger partial charge in [0.15, 0.2) is 10.6 Å². The first-order valence-corrected chi connectivity index (χ1v) is 11.2. The SMILES string of the molecule is CCC(=CCc1cc(-n2c(-c3cc(CC)c(C)cc3O)n[nH]c2=S)ccc1OC)CC. The number of hydrogen-bond acceptors (Lipinski definition) is 4. The van der Waals surface area contributed by atoms with Crippen molar-refractivity contribution in [3.8, 4) is 28.6 Å². The van der Waals surface area contributed by atoms with Crippen molar-refractivity contribution in [1.82, 2.24) is 14.8 Å². The van der Waals surface area contributed by atoms with Crippen LogP contribution in [0.15, 0.2) is 42.0 Å². The molecule has 0 saturated carbocycles. The van der Waals surface area contributed by atoms with Crippen molar-refractivity contribution in [3.05, 3.63) is 63.4 Å². The highest BCUT2D eigenvalue weighted by Crippen LogP contribution is 2.33. The molecule has 0 bridgehead atoms. The summed E-state index contributed by atoms with van der Waals surface area (Å²) in [5.74, 6) is 1.62. The van der Waals surface area contributed by atoms with Gasteiger partial charge in [-0.2, -0.15) is 5.10 Å². The van der Waals surface area contributed by atoms with Crippen LogP contribution in [0.2, 0.25) is 0 Å². The van der Waals surface area contributed by atoms with Crippen molar-refractivity contribution in [2.24, 2.45) is 0 Å². The van der Waals surface area contributed by atoms with Gasteiger partial charge in [-0.3, -0.25) is 9.67 Å². The molecule has 1 heterocycles. The number of aryl methyl sites for hydroxylation is 2. The lowest BCUT2D eigenvalue weighted by atomic mass is 10.0.